The first-order valence-corrected chi connectivity index (χ1v) is 11.1. The summed E-state index contributed by atoms with van der Waals surface area (Å²) in [5.74, 6) is 1.14. The summed E-state index contributed by atoms with van der Waals surface area (Å²) in [6.45, 7) is 6.09. The van der Waals surface area contributed by atoms with Crippen LogP contribution in [0.5, 0.6) is 0 Å². The molecule has 0 unspecified atom stereocenters. The summed E-state index contributed by atoms with van der Waals surface area (Å²) in [5.41, 5.74) is 1.50. The Kier molecular flexibility index (Phi) is 4.97. The Morgan fingerprint density at radius 2 is 1.68 bits per heavy atom. The van der Waals surface area contributed by atoms with Crippen LogP contribution in [0.4, 0.5) is 5.82 Å². The van der Waals surface area contributed by atoms with Crippen LogP contribution >= 0.6 is 0 Å². The van der Waals surface area contributed by atoms with Gasteiger partial charge in [-0.3, -0.25) is 9.69 Å². The summed E-state index contributed by atoms with van der Waals surface area (Å²) in [6, 6.07) is 6.98. The number of piperidine rings is 1. The first kappa shape index (κ1) is 18.0. The molecule has 1 amide bonds. The van der Waals surface area contributed by atoms with E-state index in [1.165, 1.54) is 32.1 Å². The van der Waals surface area contributed by atoms with E-state index in [9.17, 15) is 4.79 Å². The highest BCUT2D eigenvalue weighted by molar-refractivity contribution is 5.97. The molecular formula is C22H31N5O. The number of anilines is 1. The molecule has 3 aliphatic rings. The lowest BCUT2D eigenvalue weighted by atomic mass is 10.1. The zero-order chi connectivity index (χ0) is 18.9. The number of amides is 1. The van der Waals surface area contributed by atoms with Gasteiger partial charge >= 0.3 is 0 Å². The number of hydrogen-bond acceptors (Lipinski definition) is 4. The predicted octanol–water partition coefficient (Wildman–Crippen LogP) is 3.25. The number of hydrogen-bond donors (Lipinski definition) is 1. The molecule has 1 N–H and O–H groups in total. The van der Waals surface area contributed by atoms with Crippen LogP contribution in [0.25, 0.3) is 11.0 Å². The maximum Gasteiger partial charge on any atom is 0.270 e. The van der Waals surface area contributed by atoms with Crippen LogP contribution in [0.2, 0.25) is 0 Å². The number of rotatable bonds is 3. The molecule has 2 aliphatic heterocycles. The Labute approximate surface area is 166 Å². The summed E-state index contributed by atoms with van der Waals surface area (Å²) < 4.78 is 0. The average Bonchev–Trinajstić information content (AvgIpc) is 3.43. The molecule has 5 rings (SSSR count). The van der Waals surface area contributed by atoms with Crippen molar-refractivity contribution >= 4 is 22.8 Å². The van der Waals surface area contributed by atoms with Crippen LogP contribution in [-0.4, -0.2) is 71.0 Å². The summed E-state index contributed by atoms with van der Waals surface area (Å²) in [5, 5.41) is 1.02. The Hall–Kier alpha value is -2.08. The smallest absolute Gasteiger partial charge is 0.270 e. The van der Waals surface area contributed by atoms with E-state index < -0.39 is 0 Å². The lowest BCUT2D eigenvalue weighted by molar-refractivity contribution is 0.0719. The van der Waals surface area contributed by atoms with E-state index in [0.29, 0.717) is 5.69 Å². The number of aromatic nitrogens is 2. The molecule has 0 bridgehead atoms. The highest BCUT2D eigenvalue weighted by Gasteiger charge is 2.27. The number of nitrogens with one attached hydrogen (secondary N) is 1. The van der Waals surface area contributed by atoms with E-state index in [0.717, 1.165) is 75.0 Å². The van der Waals surface area contributed by atoms with Crippen molar-refractivity contribution in [1.82, 2.24) is 19.8 Å². The van der Waals surface area contributed by atoms with Crippen molar-refractivity contribution in [1.29, 1.82) is 0 Å². The summed E-state index contributed by atoms with van der Waals surface area (Å²) in [7, 11) is 0. The van der Waals surface area contributed by atoms with Crippen LogP contribution in [0, 0.1) is 0 Å². The summed E-state index contributed by atoms with van der Waals surface area (Å²) >= 11 is 0. The third-order valence-electron chi connectivity index (χ3n) is 6.82. The van der Waals surface area contributed by atoms with Gasteiger partial charge in [0.25, 0.3) is 5.91 Å². The fraction of sp³-hybridized carbons (Fsp3) is 0.636. The van der Waals surface area contributed by atoms with E-state index in [2.05, 4.69) is 26.9 Å². The molecular weight excluding hydrogens is 350 g/mol. The second-order valence-electron chi connectivity index (χ2n) is 8.60. The van der Waals surface area contributed by atoms with Crippen molar-refractivity contribution in [3.63, 3.8) is 0 Å². The van der Waals surface area contributed by atoms with Crippen LogP contribution < -0.4 is 4.90 Å². The monoisotopic (exact) mass is 381 g/mol. The van der Waals surface area contributed by atoms with Crippen LogP contribution in [-0.2, 0) is 0 Å². The van der Waals surface area contributed by atoms with Crippen molar-refractivity contribution in [3.05, 3.63) is 23.9 Å². The minimum absolute atomic E-state index is 0.115. The van der Waals surface area contributed by atoms with Gasteiger partial charge in [0.05, 0.1) is 0 Å². The molecule has 0 spiro atoms. The van der Waals surface area contributed by atoms with Crippen LogP contribution in [0.3, 0.4) is 0 Å². The third-order valence-corrected chi connectivity index (χ3v) is 6.82. The van der Waals surface area contributed by atoms with Gasteiger partial charge in [0.1, 0.15) is 17.2 Å². The fourth-order valence-electron chi connectivity index (χ4n) is 5.14. The molecule has 0 aromatic carbocycles. The van der Waals surface area contributed by atoms with Gasteiger partial charge in [-0.05, 0) is 50.3 Å². The zero-order valence-electron chi connectivity index (χ0n) is 16.7. The maximum absolute atomic E-state index is 12.8. The Morgan fingerprint density at radius 3 is 2.43 bits per heavy atom. The molecule has 2 aromatic rings. The molecule has 3 fully saturated rings. The Bertz CT molecular complexity index is 827. The maximum atomic E-state index is 12.8. The standard InChI is InChI=1S/C22H31N5O/c28-22(27-10-4-1-5-11-27)19-16-17-8-9-20(24-21(17)23-19)26-14-12-25(13-15-26)18-6-2-3-7-18/h8-9,16,18H,1-7,10-15H2,(H,23,24). The van der Waals surface area contributed by atoms with Crippen molar-refractivity contribution in [2.75, 3.05) is 44.2 Å². The van der Waals surface area contributed by atoms with Crippen molar-refractivity contribution in [2.45, 2.75) is 51.0 Å². The van der Waals surface area contributed by atoms with E-state index in [4.69, 9.17) is 4.98 Å². The third kappa shape index (κ3) is 3.50. The summed E-state index contributed by atoms with van der Waals surface area (Å²) in [6.07, 6.45) is 9.00. The van der Waals surface area contributed by atoms with Crippen molar-refractivity contribution < 1.29 is 4.79 Å². The normalized spacial score (nSPS) is 22.3. The van der Waals surface area contributed by atoms with Crippen LogP contribution in [0.15, 0.2) is 18.2 Å². The minimum atomic E-state index is 0.115. The largest absolute Gasteiger partial charge is 0.354 e. The topological polar surface area (TPSA) is 55.5 Å². The SMILES string of the molecule is O=C(c1cc2ccc(N3CCN(C4CCCC4)CC3)nc2[nH]1)N1CCCCC1. The van der Waals surface area contributed by atoms with E-state index in [1.54, 1.807) is 0 Å². The number of carbonyl (C=O) groups excluding carboxylic acids is 1. The van der Waals surface area contributed by atoms with Crippen molar-refractivity contribution in [3.8, 4) is 0 Å². The molecule has 1 aliphatic carbocycles. The van der Waals surface area contributed by atoms with Gasteiger partial charge in [0, 0.05) is 50.7 Å². The van der Waals surface area contributed by atoms with Gasteiger partial charge in [-0.15, -0.1) is 0 Å². The number of nitrogens with zero attached hydrogens (tertiary/aromatic N) is 4. The van der Waals surface area contributed by atoms with Crippen LogP contribution in [0.1, 0.15) is 55.4 Å². The first-order chi connectivity index (χ1) is 13.8. The number of aromatic amines is 1. The Morgan fingerprint density at radius 1 is 0.929 bits per heavy atom. The number of pyridine rings is 1. The molecule has 2 saturated heterocycles. The van der Waals surface area contributed by atoms with E-state index in [1.807, 2.05) is 11.0 Å². The number of piperazine rings is 1. The zero-order valence-corrected chi connectivity index (χ0v) is 16.7. The second kappa shape index (κ2) is 7.74. The van der Waals surface area contributed by atoms with E-state index in [-0.39, 0.29) is 5.91 Å². The highest BCUT2D eigenvalue weighted by Crippen LogP contribution is 2.26. The number of H-pyrrole nitrogens is 1. The van der Waals surface area contributed by atoms with Gasteiger partial charge in [0.15, 0.2) is 0 Å². The number of likely N-dealkylation sites (tertiary alicyclic amines) is 1. The molecule has 1 saturated carbocycles. The first-order valence-electron chi connectivity index (χ1n) is 11.1. The van der Waals surface area contributed by atoms with Gasteiger partial charge in [-0.1, -0.05) is 12.8 Å². The Balaban J connectivity index is 1.28. The molecule has 0 radical (unpaired) electrons. The van der Waals surface area contributed by atoms with Gasteiger partial charge in [-0.2, -0.15) is 0 Å². The molecule has 0 atom stereocenters. The van der Waals surface area contributed by atoms with Gasteiger partial charge in [-0.25, -0.2) is 4.98 Å². The predicted molar refractivity (Wildman–Crippen MR) is 112 cm³/mol. The molecule has 2 aromatic heterocycles. The molecule has 6 nitrogen and oxygen atoms in total. The molecule has 150 valence electrons. The highest BCUT2D eigenvalue weighted by atomic mass is 16.2. The quantitative estimate of drug-likeness (QED) is 0.887. The van der Waals surface area contributed by atoms with E-state index >= 15 is 0 Å². The summed E-state index contributed by atoms with van der Waals surface area (Å²) in [4.78, 5) is 27.9. The van der Waals surface area contributed by atoms with Gasteiger partial charge < -0.3 is 14.8 Å². The molecule has 6 heteroatoms. The number of fused-ring (bicyclic) bond motifs is 1. The van der Waals surface area contributed by atoms with Gasteiger partial charge in [0.2, 0.25) is 0 Å². The van der Waals surface area contributed by atoms with Crippen molar-refractivity contribution in [2.24, 2.45) is 0 Å². The average molecular weight is 382 g/mol. The lowest BCUT2D eigenvalue weighted by Gasteiger charge is -2.38. The lowest BCUT2D eigenvalue weighted by Crippen LogP contribution is -2.49. The molecule has 28 heavy (non-hydrogen) atoms. The molecule has 4 heterocycles. The number of carbonyl (C=O) groups is 1. The fourth-order valence-corrected chi connectivity index (χ4v) is 5.14. The second-order valence-corrected chi connectivity index (χ2v) is 8.60. The minimum Gasteiger partial charge on any atom is -0.354 e.